The summed E-state index contributed by atoms with van der Waals surface area (Å²) >= 11 is 1.14. The SMILES string of the molecule is COC(=O)c1cn2c(=O)c(C)c(C)nc2s1. The molecule has 0 aliphatic heterocycles. The highest BCUT2D eigenvalue weighted by Gasteiger charge is 2.14. The van der Waals surface area contributed by atoms with E-state index >= 15 is 0 Å². The predicted octanol–water partition coefficient (Wildman–Crippen LogP) is 1.16. The smallest absolute Gasteiger partial charge is 0.349 e. The molecule has 6 heteroatoms. The Bertz CT molecular complexity index is 627. The van der Waals surface area contributed by atoms with Gasteiger partial charge in [0.25, 0.3) is 5.56 Å². The van der Waals surface area contributed by atoms with Crippen LogP contribution in [0.3, 0.4) is 0 Å². The van der Waals surface area contributed by atoms with Gasteiger partial charge in [0.2, 0.25) is 0 Å². The summed E-state index contributed by atoms with van der Waals surface area (Å²) in [6.45, 7) is 3.49. The van der Waals surface area contributed by atoms with E-state index in [1.807, 2.05) is 0 Å². The maximum Gasteiger partial charge on any atom is 0.349 e. The number of ether oxygens (including phenoxy) is 1. The van der Waals surface area contributed by atoms with Crippen LogP contribution in [0.2, 0.25) is 0 Å². The Morgan fingerprint density at radius 3 is 2.81 bits per heavy atom. The van der Waals surface area contributed by atoms with Gasteiger partial charge in [0, 0.05) is 17.5 Å². The van der Waals surface area contributed by atoms with Gasteiger partial charge in [-0.1, -0.05) is 11.3 Å². The maximum absolute atomic E-state index is 11.9. The highest BCUT2D eigenvalue weighted by Crippen LogP contribution is 2.16. The van der Waals surface area contributed by atoms with Crippen LogP contribution in [0.15, 0.2) is 11.0 Å². The normalized spacial score (nSPS) is 10.7. The molecular weight excluding hydrogens is 228 g/mol. The molecule has 0 saturated heterocycles. The van der Waals surface area contributed by atoms with E-state index in [0.29, 0.717) is 21.1 Å². The Hall–Kier alpha value is -1.69. The van der Waals surface area contributed by atoms with Gasteiger partial charge >= 0.3 is 5.97 Å². The molecule has 0 radical (unpaired) electrons. The van der Waals surface area contributed by atoms with Crippen molar-refractivity contribution in [3.8, 4) is 0 Å². The number of carbonyl (C=O) groups excluding carboxylic acids is 1. The summed E-state index contributed by atoms with van der Waals surface area (Å²) in [5.41, 5.74) is 1.13. The fourth-order valence-electron chi connectivity index (χ4n) is 1.33. The molecule has 0 aromatic carbocycles. The molecule has 2 aromatic rings. The first-order valence-electron chi connectivity index (χ1n) is 4.62. The van der Waals surface area contributed by atoms with E-state index in [9.17, 15) is 9.59 Å². The van der Waals surface area contributed by atoms with Gasteiger partial charge in [-0.2, -0.15) is 0 Å². The molecule has 16 heavy (non-hydrogen) atoms. The van der Waals surface area contributed by atoms with Gasteiger partial charge < -0.3 is 4.74 Å². The van der Waals surface area contributed by atoms with Crippen molar-refractivity contribution in [2.75, 3.05) is 7.11 Å². The minimum atomic E-state index is -0.454. The van der Waals surface area contributed by atoms with E-state index in [0.717, 1.165) is 11.3 Å². The summed E-state index contributed by atoms with van der Waals surface area (Å²) in [7, 11) is 1.30. The van der Waals surface area contributed by atoms with Crippen molar-refractivity contribution in [3.05, 3.63) is 32.7 Å². The van der Waals surface area contributed by atoms with Crippen LogP contribution < -0.4 is 5.56 Å². The largest absolute Gasteiger partial charge is 0.465 e. The van der Waals surface area contributed by atoms with Crippen LogP contribution in [-0.4, -0.2) is 22.5 Å². The number of hydrogen-bond acceptors (Lipinski definition) is 5. The van der Waals surface area contributed by atoms with Crippen LogP contribution in [-0.2, 0) is 4.74 Å². The van der Waals surface area contributed by atoms with Gasteiger partial charge in [0.05, 0.1) is 7.11 Å². The van der Waals surface area contributed by atoms with E-state index in [-0.39, 0.29) is 5.56 Å². The molecule has 0 atom stereocenters. The first-order chi connectivity index (χ1) is 7.54. The lowest BCUT2D eigenvalue weighted by molar-refractivity contribution is 0.0606. The van der Waals surface area contributed by atoms with Crippen LogP contribution in [0.5, 0.6) is 0 Å². The molecule has 0 amide bonds. The average molecular weight is 238 g/mol. The zero-order valence-electron chi connectivity index (χ0n) is 9.10. The Kier molecular flexibility index (Phi) is 2.51. The minimum absolute atomic E-state index is 0.145. The molecule has 0 aliphatic carbocycles. The lowest BCUT2D eigenvalue weighted by atomic mass is 10.3. The van der Waals surface area contributed by atoms with Gasteiger partial charge in [-0.3, -0.25) is 9.20 Å². The average Bonchev–Trinajstić information content (AvgIpc) is 2.69. The van der Waals surface area contributed by atoms with Gasteiger partial charge in [-0.25, -0.2) is 9.78 Å². The molecule has 0 N–H and O–H groups in total. The molecule has 2 heterocycles. The number of hydrogen-bond donors (Lipinski definition) is 0. The number of rotatable bonds is 1. The molecule has 2 rings (SSSR count). The van der Waals surface area contributed by atoms with Crippen molar-refractivity contribution in [1.82, 2.24) is 9.38 Å². The number of fused-ring (bicyclic) bond motifs is 1. The minimum Gasteiger partial charge on any atom is -0.465 e. The lowest BCUT2D eigenvalue weighted by Crippen LogP contribution is -2.17. The van der Waals surface area contributed by atoms with Gasteiger partial charge in [-0.05, 0) is 13.8 Å². The van der Waals surface area contributed by atoms with E-state index in [1.54, 1.807) is 13.8 Å². The van der Waals surface area contributed by atoms with Crippen molar-refractivity contribution < 1.29 is 9.53 Å². The topological polar surface area (TPSA) is 60.7 Å². The molecule has 5 nitrogen and oxygen atoms in total. The summed E-state index contributed by atoms with van der Waals surface area (Å²) < 4.78 is 5.97. The van der Waals surface area contributed by atoms with Gasteiger partial charge in [0.1, 0.15) is 4.88 Å². The molecule has 0 fully saturated rings. The third-order valence-electron chi connectivity index (χ3n) is 2.39. The van der Waals surface area contributed by atoms with Crippen molar-refractivity contribution in [2.24, 2.45) is 0 Å². The molecule has 0 aliphatic rings. The summed E-state index contributed by atoms with van der Waals surface area (Å²) in [5.74, 6) is -0.454. The summed E-state index contributed by atoms with van der Waals surface area (Å²) in [6.07, 6.45) is 1.47. The molecule has 0 unspecified atom stereocenters. The van der Waals surface area contributed by atoms with Crippen molar-refractivity contribution in [1.29, 1.82) is 0 Å². The second-order valence-electron chi connectivity index (χ2n) is 3.37. The zero-order valence-corrected chi connectivity index (χ0v) is 9.92. The number of esters is 1. The number of aryl methyl sites for hydroxylation is 1. The molecular formula is C10H10N2O3S. The number of thiazole rings is 1. The van der Waals surface area contributed by atoms with Crippen LogP contribution in [0.1, 0.15) is 20.9 Å². The first-order valence-corrected chi connectivity index (χ1v) is 5.44. The van der Waals surface area contributed by atoms with Crippen LogP contribution in [0.4, 0.5) is 0 Å². The van der Waals surface area contributed by atoms with E-state index in [4.69, 9.17) is 0 Å². The highest BCUT2D eigenvalue weighted by atomic mass is 32.1. The second kappa shape index (κ2) is 3.71. The quantitative estimate of drug-likeness (QED) is 0.699. The molecule has 2 aromatic heterocycles. The standard InChI is InChI=1S/C10H10N2O3S/c1-5-6(2)11-10-12(8(5)13)4-7(16-10)9(14)15-3/h4H,1-3H3. The van der Waals surface area contributed by atoms with Crippen LogP contribution in [0, 0.1) is 13.8 Å². The number of carbonyl (C=O) groups is 1. The molecule has 0 saturated carbocycles. The Morgan fingerprint density at radius 1 is 1.50 bits per heavy atom. The monoisotopic (exact) mass is 238 g/mol. The Morgan fingerprint density at radius 2 is 2.19 bits per heavy atom. The summed E-state index contributed by atoms with van der Waals surface area (Å²) in [4.78, 5) is 28.3. The fourth-order valence-corrected chi connectivity index (χ4v) is 2.26. The summed E-state index contributed by atoms with van der Waals surface area (Å²) in [5, 5.41) is 0. The Labute approximate surface area is 95.3 Å². The first kappa shape index (κ1) is 10.8. The fraction of sp³-hybridized carbons (Fsp3) is 0.300. The molecule has 84 valence electrons. The Balaban J connectivity index is 2.76. The molecule has 0 bridgehead atoms. The number of methoxy groups -OCH3 is 1. The van der Waals surface area contributed by atoms with Crippen LogP contribution >= 0.6 is 11.3 Å². The number of nitrogens with zero attached hydrogens (tertiary/aromatic N) is 2. The lowest BCUT2D eigenvalue weighted by Gasteiger charge is -1.97. The highest BCUT2D eigenvalue weighted by molar-refractivity contribution is 7.18. The van der Waals surface area contributed by atoms with Gasteiger partial charge in [-0.15, -0.1) is 0 Å². The second-order valence-corrected chi connectivity index (χ2v) is 4.38. The van der Waals surface area contributed by atoms with E-state index in [1.165, 1.54) is 17.7 Å². The van der Waals surface area contributed by atoms with Crippen molar-refractivity contribution in [2.45, 2.75) is 13.8 Å². The van der Waals surface area contributed by atoms with Crippen molar-refractivity contribution >= 4 is 22.3 Å². The van der Waals surface area contributed by atoms with E-state index in [2.05, 4.69) is 9.72 Å². The van der Waals surface area contributed by atoms with Crippen molar-refractivity contribution in [3.63, 3.8) is 0 Å². The third-order valence-corrected chi connectivity index (χ3v) is 3.35. The predicted molar refractivity (Wildman–Crippen MR) is 60.2 cm³/mol. The zero-order chi connectivity index (χ0) is 11.9. The van der Waals surface area contributed by atoms with E-state index < -0.39 is 5.97 Å². The van der Waals surface area contributed by atoms with Crippen LogP contribution in [0.25, 0.3) is 4.96 Å². The molecule has 0 spiro atoms. The number of aromatic nitrogens is 2. The van der Waals surface area contributed by atoms with Gasteiger partial charge in [0.15, 0.2) is 4.96 Å². The maximum atomic E-state index is 11.9. The summed E-state index contributed by atoms with van der Waals surface area (Å²) in [6, 6.07) is 0. The third kappa shape index (κ3) is 1.51.